The molecule has 2 aromatic rings. The average molecular weight is 306 g/mol. The minimum Gasteiger partial charge on any atom is -0.493 e. The first kappa shape index (κ1) is 15.7. The maximum Gasteiger partial charge on any atom is 0.161 e. The fourth-order valence-corrected chi connectivity index (χ4v) is 2.74. The van der Waals surface area contributed by atoms with Gasteiger partial charge in [0.25, 0.3) is 0 Å². The Morgan fingerprint density at radius 2 is 1.57 bits per heavy atom. The van der Waals surface area contributed by atoms with Crippen LogP contribution in [0.15, 0.2) is 30.3 Å². The van der Waals surface area contributed by atoms with E-state index in [2.05, 4.69) is 0 Å². The lowest BCUT2D eigenvalue weighted by molar-refractivity contribution is 0.354. The number of rotatable bonds is 4. The molecule has 0 radical (unpaired) electrons. The normalized spacial score (nSPS) is 12.1. The monoisotopic (exact) mass is 305 g/mol. The predicted molar refractivity (Wildman–Crippen MR) is 86.5 cm³/mol. The molecule has 112 valence electrons. The molecule has 0 saturated carbocycles. The summed E-state index contributed by atoms with van der Waals surface area (Å²) >= 11 is 6.32. The summed E-state index contributed by atoms with van der Waals surface area (Å²) in [6, 6.07) is 9.44. The molecule has 0 aromatic heterocycles. The fraction of sp³-hybridized carbons (Fsp3) is 0.294. The van der Waals surface area contributed by atoms with Gasteiger partial charge in [0.05, 0.1) is 20.3 Å². The molecule has 0 fully saturated rings. The Morgan fingerprint density at radius 3 is 2.14 bits per heavy atom. The van der Waals surface area contributed by atoms with Crippen LogP contribution in [0, 0.1) is 13.8 Å². The summed E-state index contributed by atoms with van der Waals surface area (Å²) in [6.45, 7) is 4.00. The molecule has 0 bridgehead atoms. The van der Waals surface area contributed by atoms with Crippen LogP contribution in [0.2, 0.25) is 5.02 Å². The van der Waals surface area contributed by atoms with Gasteiger partial charge in [-0.25, -0.2) is 0 Å². The minimum absolute atomic E-state index is 0.307. The number of nitrogens with two attached hydrogens (primary N) is 1. The zero-order valence-electron chi connectivity index (χ0n) is 12.7. The summed E-state index contributed by atoms with van der Waals surface area (Å²) in [5.41, 5.74) is 10.4. The molecule has 3 nitrogen and oxygen atoms in total. The van der Waals surface area contributed by atoms with Crippen molar-refractivity contribution in [2.75, 3.05) is 14.2 Å². The zero-order valence-corrected chi connectivity index (χ0v) is 13.5. The number of benzene rings is 2. The van der Waals surface area contributed by atoms with Gasteiger partial charge in [0.2, 0.25) is 0 Å². The van der Waals surface area contributed by atoms with Crippen molar-refractivity contribution in [3.63, 3.8) is 0 Å². The van der Waals surface area contributed by atoms with E-state index in [0.29, 0.717) is 16.5 Å². The summed E-state index contributed by atoms with van der Waals surface area (Å²) in [5, 5.41) is 0.677. The number of halogens is 1. The second kappa shape index (κ2) is 6.37. The quantitative estimate of drug-likeness (QED) is 0.928. The molecule has 0 aliphatic carbocycles. The molecule has 0 spiro atoms. The van der Waals surface area contributed by atoms with Crippen molar-refractivity contribution in [1.29, 1.82) is 0 Å². The van der Waals surface area contributed by atoms with E-state index >= 15 is 0 Å². The van der Waals surface area contributed by atoms with Gasteiger partial charge in [0, 0.05) is 5.02 Å². The molecule has 0 aliphatic heterocycles. The topological polar surface area (TPSA) is 44.5 Å². The lowest BCUT2D eigenvalue weighted by Gasteiger charge is -2.19. The van der Waals surface area contributed by atoms with E-state index in [1.165, 1.54) is 0 Å². The summed E-state index contributed by atoms with van der Waals surface area (Å²) in [6.07, 6.45) is 0. The van der Waals surface area contributed by atoms with Crippen LogP contribution >= 0.6 is 11.6 Å². The van der Waals surface area contributed by atoms with Gasteiger partial charge in [-0.15, -0.1) is 0 Å². The largest absolute Gasteiger partial charge is 0.493 e. The number of aryl methyl sites for hydroxylation is 2. The Morgan fingerprint density at radius 1 is 0.952 bits per heavy atom. The first-order valence-electron chi connectivity index (χ1n) is 6.72. The highest BCUT2D eigenvalue weighted by molar-refractivity contribution is 6.31. The Balaban J connectivity index is 2.50. The lowest BCUT2D eigenvalue weighted by atomic mass is 9.94. The van der Waals surface area contributed by atoms with Gasteiger partial charge >= 0.3 is 0 Å². The zero-order chi connectivity index (χ0) is 15.6. The van der Waals surface area contributed by atoms with Gasteiger partial charge < -0.3 is 15.2 Å². The van der Waals surface area contributed by atoms with E-state index in [-0.39, 0.29) is 6.04 Å². The van der Waals surface area contributed by atoms with E-state index < -0.39 is 0 Å². The van der Waals surface area contributed by atoms with Crippen LogP contribution in [-0.2, 0) is 0 Å². The summed E-state index contributed by atoms with van der Waals surface area (Å²) in [5.74, 6) is 1.36. The highest BCUT2D eigenvalue weighted by Crippen LogP contribution is 2.35. The summed E-state index contributed by atoms with van der Waals surface area (Å²) in [4.78, 5) is 0. The van der Waals surface area contributed by atoms with E-state index in [9.17, 15) is 0 Å². The molecule has 0 saturated heterocycles. The molecule has 0 heterocycles. The Kier molecular flexibility index (Phi) is 4.76. The van der Waals surface area contributed by atoms with Crippen LogP contribution in [0.25, 0.3) is 0 Å². The lowest BCUT2D eigenvalue weighted by Crippen LogP contribution is -2.14. The molecule has 21 heavy (non-hydrogen) atoms. The van der Waals surface area contributed by atoms with Crippen LogP contribution in [-0.4, -0.2) is 14.2 Å². The van der Waals surface area contributed by atoms with E-state index in [0.717, 1.165) is 22.3 Å². The average Bonchev–Trinajstić information content (AvgIpc) is 2.46. The van der Waals surface area contributed by atoms with E-state index in [1.54, 1.807) is 14.2 Å². The van der Waals surface area contributed by atoms with Crippen molar-refractivity contribution in [2.24, 2.45) is 5.73 Å². The summed E-state index contributed by atoms with van der Waals surface area (Å²) in [7, 11) is 3.23. The Bertz CT molecular complexity index is 655. The highest BCUT2D eigenvalue weighted by atomic mass is 35.5. The predicted octanol–water partition coefficient (Wildman–Crippen LogP) is 4.02. The van der Waals surface area contributed by atoms with E-state index in [1.807, 2.05) is 44.2 Å². The first-order valence-corrected chi connectivity index (χ1v) is 7.10. The first-order chi connectivity index (χ1) is 9.97. The van der Waals surface area contributed by atoms with Gasteiger partial charge in [-0.3, -0.25) is 0 Å². The Hall–Kier alpha value is -1.71. The third-order valence-electron chi connectivity index (χ3n) is 3.60. The van der Waals surface area contributed by atoms with Crippen LogP contribution in [0.4, 0.5) is 0 Å². The molecule has 1 unspecified atom stereocenters. The number of ether oxygens (including phenoxy) is 2. The molecule has 1 atom stereocenters. The van der Waals surface area contributed by atoms with E-state index in [4.69, 9.17) is 26.8 Å². The van der Waals surface area contributed by atoms with Gasteiger partial charge in [0.1, 0.15) is 0 Å². The Labute approximate surface area is 130 Å². The van der Waals surface area contributed by atoms with Gasteiger partial charge in [-0.1, -0.05) is 23.7 Å². The third kappa shape index (κ3) is 3.14. The second-order valence-corrected chi connectivity index (χ2v) is 5.47. The van der Waals surface area contributed by atoms with Crippen LogP contribution in [0.1, 0.15) is 28.3 Å². The maximum atomic E-state index is 6.40. The standard InChI is InChI=1S/C17H20ClNO2/c1-10-5-6-12(14(18)7-10)17(19)13-9-16(21-4)15(20-3)8-11(13)2/h5-9,17H,19H2,1-4H3. The molecule has 2 aromatic carbocycles. The van der Waals surface area contributed by atoms with Gasteiger partial charge in [0.15, 0.2) is 11.5 Å². The van der Waals surface area contributed by atoms with Gasteiger partial charge in [-0.05, 0) is 54.3 Å². The summed E-state index contributed by atoms with van der Waals surface area (Å²) < 4.78 is 10.7. The number of hydrogen-bond donors (Lipinski definition) is 1. The molecular weight excluding hydrogens is 286 g/mol. The number of methoxy groups -OCH3 is 2. The number of hydrogen-bond acceptors (Lipinski definition) is 3. The minimum atomic E-state index is -0.307. The van der Waals surface area contributed by atoms with Crippen molar-refractivity contribution in [3.8, 4) is 11.5 Å². The third-order valence-corrected chi connectivity index (χ3v) is 3.93. The van der Waals surface area contributed by atoms with Crippen molar-refractivity contribution >= 4 is 11.6 Å². The molecule has 0 aliphatic rings. The van der Waals surface area contributed by atoms with Crippen LogP contribution in [0.3, 0.4) is 0 Å². The van der Waals surface area contributed by atoms with Crippen LogP contribution in [0.5, 0.6) is 11.5 Å². The van der Waals surface area contributed by atoms with Crippen molar-refractivity contribution in [2.45, 2.75) is 19.9 Å². The molecule has 0 amide bonds. The van der Waals surface area contributed by atoms with Crippen LogP contribution < -0.4 is 15.2 Å². The van der Waals surface area contributed by atoms with Crippen molar-refractivity contribution < 1.29 is 9.47 Å². The highest BCUT2D eigenvalue weighted by Gasteiger charge is 2.17. The molecule has 2 rings (SSSR count). The SMILES string of the molecule is COc1cc(C)c(C(N)c2ccc(C)cc2Cl)cc1OC. The molecule has 2 N–H and O–H groups in total. The fourth-order valence-electron chi connectivity index (χ4n) is 2.38. The van der Waals surface area contributed by atoms with Crippen molar-refractivity contribution in [3.05, 3.63) is 57.6 Å². The smallest absolute Gasteiger partial charge is 0.161 e. The maximum absolute atomic E-state index is 6.40. The molecular formula is C17H20ClNO2. The molecule has 4 heteroatoms. The van der Waals surface area contributed by atoms with Gasteiger partial charge in [-0.2, -0.15) is 0 Å². The second-order valence-electron chi connectivity index (χ2n) is 5.07. The van der Waals surface area contributed by atoms with Crippen molar-refractivity contribution in [1.82, 2.24) is 0 Å².